The number of rotatable bonds is 7. The van der Waals surface area contributed by atoms with Crippen molar-refractivity contribution in [3.8, 4) is 11.3 Å². The van der Waals surface area contributed by atoms with Crippen molar-refractivity contribution in [3.05, 3.63) is 59.3 Å². The molecule has 4 rings (SSSR count). The summed E-state index contributed by atoms with van der Waals surface area (Å²) in [5.74, 6) is 0.450. The number of fused-ring (bicyclic) bond motifs is 1. The lowest BCUT2D eigenvalue weighted by Crippen LogP contribution is -2.44. The van der Waals surface area contributed by atoms with Gasteiger partial charge in [0.2, 0.25) is 16.0 Å². The van der Waals surface area contributed by atoms with E-state index in [2.05, 4.69) is 20.4 Å². The van der Waals surface area contributed by atoms with Crippen LogP contribution in [0.5, 0.6) is 0 Å². The molecule has 0 radical (unpaired) electrons. The number of halogens is 2. The Morgan fingerprint density at radius 2 is 2.03 bits per heavy atom. The summed E-state index contributed by atoms with van der Waals surface area (Å²) in [6.45, 7) is 0.639. The van der Waals surface area contributed by atoms with Crippen molar-refractivity contribution in [1.29, 1.82) is 0 Å². The maximum atomic E-state index is 12.2. The highest BCUT2D eigenvalue weighted by Crippen LogP contribution is 2.47. The topological polar surface area (TPSA) is 136 Å². The molecule has 174 valence electrons. The van der Waals surface area contributed by atoms with E-state index in [0.717, 1.165) is 10.9 Å². The number of primary sulfonamides is 1. The lowest BCUT2D eigenvalue weighted by Gasteiger charge is -2.34. The molecule has 3 aromatic rings. The van der Waals surface area contributed by atoms with Gasteiger partial charge in [0.15, 0.2) is 5.65 Å². The third-order valence-corrected chi connectivity index (χ3v) is 7.92. The van der Waals surface area contributed by atoms with E-state index in [1.54, 1.807) is 48.3 Å². The number of benzene rings is 1. The molecule has 0 spiro atoms. The SMILES string of the molecule is Cn1nc(-c2ccc(C3(Cl)C(Cl)=CC=CC3S(N)(=O)=O)cc2)c2cnc(NCCCO)nc21. The summed E-state index contributed by atoms with van der Waals surface area (Å²) in [7, 11) is -2.23. The van der Waals surface area contributed by atoms with Gasteiger partial charge in [0.1, 0.15) is 15.8 Å². The van der Waals surface area contributed by atoms with Gasteiger partial charge in [0, 0.05) is 37.0 Å². The van der Waals surface area contributed by atoms with Crippen molar-refractivity contribution in [1.82, 2.24) is 19.7 Å². The Balaban J connectivity index is 1.70. The average molecular weight is 509 g/mol. The number of allylic oxidation sites excluding steroid dienone is 3. The fourth-order valence-electron chi connectivity index (χ4n) is 3.75. The van der Waals surface area contributed by atoms with Gasteiger partial charge in [-0.1, -0.05) is 48.0 Å². The van der Waals surface area contributed by atoms with Crippen LogP contribution in [0.15, 0.2) is 53.7 Å². The average Bonchev–Trinajstić information content (AvgIpc) is 3.11. The van der Waals surface area contributed by atoms with Crippen molar-refractivity contribution in [3.63, 3.8) is 0 Å². The first kappa shape index (κ1) is 23.7. The summed E-state index contributed by atoms with van der Waals surface area (Å²) in [5.41, 5.74) is 2.57. The summed E-state index contributed by atoms with van der Waals surface area (Å²) in [4.78, 5) is 7.30. The Hall–Kier alpha value is -2.50. The summed E-state index contributed by atoms with van der Waals surface area (Å²) < 4.78 is 26.0. The van der Waals surface area contributed by atoms with E-state index in [1.807, 2.05) is 0 Å². The molecule has 2 unspecified atom stereocenters. The Labute approximate surface area is 201 Å². The molecule has 9 nitrogen and oxygen atoms in total. The van der Waals surface area contributed by atoms with Crippen LogP contribution < -0.4 is 10.5 Å². The van der Waals surface area contributed by atoms with E-state index in [9.17, 15) is 8.42 Å². The second-order valence-corrected chi connectivity index (χ2v) is 10.3. The van der Waals surface area contributed by atoms with Crippen molar-refractivity contribution < 1.29 is 13.5 Å². The van der Waals surface area contributed by atoms with Gasteiger partial charge in [-0.2, -0.15) is 10.1 Å². The number of alkyl halides is 1. The molecule has 1 aliphatic carbocycles. The van der Waals surface area contributed by atoms with Gasteiger partial charge in [-0.3, -0.25) is 0 Å². The Bertz CT molecular complexity index is 1350. The third kappa shape index (κ3) is 4.36. The molecular formula is C21H22Cl2N6O3S. The molecule has 0 saturated carbocycles. The minimum Gasteiger partial charge on any atom is -0.396 e. The number of aliphatic hydroxyl groups is 1. The summed E-state index contributed by atoms with van der Waals surface area (Å²) in [5, 5.41) is 21.7. The zero-order valence-electron chi connectivity index (χ0n) is 17.6. The molecule has 2 aromatic heterocycles. The smallest absolute Gasteiger partial charge is 0.224 e. The number of nitrogens with one attached hydrogen (secondary N) is 1. The molecule has 2 atom stereocenters. The minimum absolute atomic E-state index is 0.0833. The first-order valence-electron chi connectivity index (χ1n) is 10.1. The van der Waals surface area contributed by atoms with Gasteiger partial charge in [-0.05, 0) is 18.1 Å². The van der Waals surface area contributed by atoms with Gasteiger partial charge >= 0.3 is 0 Å². The van der Waals surface area contributed by atoms with Gasteiger partial charge in [-0.25, -0.2) is 23.2 Å². The van der Waals surface area contributed by atoms with Crippen LogP contribution in [0, 0.1) is 0 Å². The molecule has 0 aliphatic heterocycles. The van der Waals surface area contributed by atoms with Crippen LogP contribution in [0.25, 0.3) is 22.3 Å². The quantitative estimate of drug-likeness (QED) is 0.329. The number of aryl methyl sites for hydroxylation is 1. The predicted octanol–water partition coefficient (Wildman–Crippen LogP) is 2.61. The number of sulfonamides is 1. The van der Waals surface area contributed by atoms with Crippen LogP contribution in [0.2, 0.25) is 0 Å². The fourth-order valence-corrected chi connectivity index (χ4v) is 5.78. The second-order valence-electron chi connectivity index (χ2n) is 7.61. The van der Waals surface area contributed by atoms with Crippen molar-refractivity contribution in [2.75, 3.05) is 18.5 Å². The monoisotopic (exact) mass is 508 g/mol. The molecule has 12 heteroatoms. The van der Waals surface area contributed by atoms with Crippen LogP contribution in [0.1, 0.15) is 12.0 Å². The summed E-state index contributed by atoms with van der Waals surface area (Å²) in [6, 6.07) is 7.00. The molecule has 0 amide bonds. The first-order chi connectivity index (χ1) is 15.7. The highest BCUT2D eigenvalue weighted by molar-refractivity contribution is 7.90. The van der Waals surface area contributed by atoms with Gasteiger partial charge in [-0.15, -0.1) is 11.6 Å². The summed E-state index contributed by atoms with van der Waals surface area (Å²) >= 11 is 13.2. The molecule has 33 heavy (non-hydrogen) atoms. The lowest BCUT2D eigenvalue weighted by atomic mass is 9.89. The van der Waals surface area contributed by atoms with E-state index < -0.39 is 20.1 Å². The Morgan fingerprint density at radius 1 is 1.30 bits per heavy atom. The third-order valence-electron chi connectivity index (χ3n) is 5.40. The van der Waals surface area contributed by atoms with Crippen LogP contribution in [0.4, 0.5) is 5.95 Å². The normalized spacial score (nSPS) is 20.8. The van der Waals surface area contributed by atoms with Crippen molar-refractivity contribution in [2.24, 2.45) is 12.2 Å². The van der Waals surface area contributed by atoms with Gasteiger partial charge in [0.25, 0.3) is 0 Å². The fraction of sp³-hybridized carbons (Fsp3) is 0.286. The van der Waals surface area contributed by atoms with Crippen LogP contribution in [-0.4, -0.2) is 51.7 Å². The zero-order valence-corrected chi connectivity index (χ0v) is 19.9. The first-order valence-corrected chi connectivity index (χ1v) is 12.4. The molecule has 0 bridgehead atoms. The zero-order chi connectivity index (χ0) is 23.8. The van der Waals surface area contributed by atoms with E-state index in [4.69, 9.17) is 33.4 Å². The Morgan fingerprint density at radius 3 is 2.70 bits per heavy atom. The number of aliphatic hydroxyl groups excluding tert-OH is 1. The number of hydrogen-bond donors (Lipinski definition) is 3. The maximum Gasteiger partial charge on any atom is 0.224 e. The van der Waals surface area contributed by atoms with Crippen LogP contribution >= 0.6 is 23.2 Å². The van der Waals surface area contributed by atoms with Crippen LogP contribution in [0.3, 0.4) is 0 Å². The highest BCUT2D eigenvalue weighted by Gasteiger charge is 2.47. The van der Waals surface area contributed by atoms with E-state index in [1.165, 1.54) is 12.2 Å². The van der Waals surface area contributed by atoms with E-state index in [0.29, 0.717) is 35.8 Å². The molecular weight excluding hydrogens is 487 g/mol. The minimum atomic E-state index is -4.01. The van der Waals surface area contributed by atoms with Crippen molar-refractivity contribution in [2.45, 2.75) is 16.5 Å². The number of aromatic nitrogens is 4. The predicted molar refractivity (Wildman–Crippen MR) is 129 cm³/mol. The number of nitrogens with zero attached hydrogens (tertiary/aromatic N) is 4. The van der Waals surface area contributed by atoms with Crippen LogP contribution in [-0.2, 0) is 21.9 Å². The summed E-state index contributed by atoms with van der Waals surface area (Å²) in [6.07, 6.45) is 6.79. The number of anilines is 1. The lowest BCUT2D eigenvalue weighted by molar-refractivity contribution is 0.292. The second kappa shape index (κ2) is 9.03. The largest absolute Gasteiger partial charge is 0.396 e. The molecule has 0 saturated heterocycles. The molecule has 4 N–H and O–H groups in total. The standard InChI is InChI=1S/C21H22Cl2N6O3S/c1-29-19-15(12-26-20(27-19)25-10-3-11-30)18(28-29)13-6-8-14(9-7-13)21(23)16(22)4-2-5-17(21)33(24,31)32/h2,4-9,12,17,30H,3,10-11H2,1H3,(H2,24,31,32)(H,25,26,27). The molecule has 1 aliphatic rings. The Kier molecular flexibility index (Phi) is 6.47. The van der Waals surface area contributed by atoms with Gasteiger partial charge in [0.05, 0.1) is 5.39 Å². The number of nitrogens with two attached hydrogens (primary N) is 1. The highest BCUT2D eigenvalue weighted by atomic mass is 35.5. The maximum absolute atomic E-state index is 12.2. The molecule has 1 aromatic carbocycles. The van der Waals surface area contributed by atoms with E-state index in [-0.39, 0.29) is 11.6 Å². The molecule has 0 fully saturated rings. The van der Waals surface area contributed by atoms with Crippen molar-refractivity contribution >= 4 is 50.2 Å². The number of hydrogen-bond acceptors (Lipinski definition) is 7. The molecule has 2 heterocycles. The van der Waals surface area contributed by atoms with Gasteiger partial charge < -0.3 is 10.4 Å². The van der Waals surface area contributed by atoms with E-state index >= 15 is 0 Å².